The Labute approximate surface area is 152 Å². The van der Waals surface area contributed by atoms with Crippen molar-refractivity contribution in [3.8, 4) is 0 Å². The summed E-state index contributed by atoms with van der Waals surface area (Å²) in [6, 6.07) is -0.722. The number of carboxylic acids is 2. The highest BCUT2D eigenvalue weighted by atomic mass is 16.4. The van der Waals surface area contributed by atoms with Gasteiger partial charge in [0.25, 0.3) is 0 Å². The van der Waals surface area contributed by atoms with E-state index in [1.165, 1.54) is 0 Å². The highest BCUT2D eigenvalue weighted by Gasteiger charge is 2.27. The highest BCUT2D eigenvalue weighted by molar-refractivity contribution is 5.73. The van der Waals surface area contributed by atoms with E-state index in [1.807, 2.05) is 23.6 Å². The van der Waals surface area contributed by atoms with Crippen LogP contribution in [-0.2, 0) is 9.59 Å². The van der Waals surface area contributed by atoms with Crippen LogP contribution < -0.4 is 0 Å². The number of carboxylic acid groups (broad SMARTS) is 2. The maximum Gasteiger partial charge on any atom is 0.320 e. The van der Waals surface area contributed by atoms with E-state index < -0.39 is 24.0 Å². The lowest BCUT2D eigenvalue weighted by Gasteiger charge is -2.31. The molecule has 0 aromatic heterocycles. The van der Waals surface area contributed by atoms with Crippen LogP contribution in [0, 0.1) is 0 Å². The number of carbonyl (C=O) groups is 2. The molecule has 1 saturated heterocycles. The van der Waals surface area contributed by atoms with Gasteiger partial charge in [0.2, 0.25) is 0 Å². The van der Waals surface area contributed by atoms with Gasteiger partial charge in [-0.05, 0) is 27.2 Å². The summed E-state index contributed by atoms with van der Waals surface area (Å²) in [5.41, 5.74) is 0. The van der Waals surface area contributed by atoms with Crippen molar-refractivity contribution in [2.45, 2.75) is 66.1 Å². The molecule has 1 aliphatic rings. The molecule has 0 saturated carbocycles. The van der Waals surface area contributed by atoms with Crippen molar-refractivity contribution in [3.05, 3.63) is 0 Å². The number of rotatable bonds is 6. The molecule has 3 unspecified atom stereocenters. The summed E-state index contributed by atoms with van der Waals surface area (Å²) in [5.74, 6) is -1.67. The first-order chi connectivity index (χ1) is 11.8. The molecule has 2 N–H and O–H groups in total. The van der Waals surface area contributed by atoms with E-state index in [-0.39, 0.29) is 0 Å². The fourth-order valence-electron chi connectivity index (χ4n) is 2.89. The van der Waals surface area contributed by atoms with E-state index in [2.05, 4.69) is 18.7 Å². The minimum atomic E-state index is -0.836. The molecule has 7 nitrogen and oxygen atoms in total. The van der Waals surface area contributed by atoms with Crippen molar-refractivity contribution >= 4 is 11.9 Å². The normalized spacial score (nSPS) is 21.7. The van der Waals surface area contributed by atoms with E-state index in [9.17, 15) is 19.8 Å². The maximum absolute atomic E-state index is 11.3. The third kappa shape index (κ3) is 7.71. The van der Waals surface area contributed by atoms with Gasteiger partial charge in [0, 0.05) is 45.3 Å². The monoisotopic (exact) mass is 359 g/mol. The molecule has 0 aromatic rings. The Morgan fingerprint density at radius 2 is 1.04 bits per heavy atom. The van der Waals surface area contributed by atoms with Crippen molar-refractivity contribution in [3.63, 3.8) is 0 Å². The van der Waals surface area contributed by atoms with Crippen LogP contribution in [0.1, 0.15) is 48.0 Å². The van der Waals surface area contributed by atoms with Gasteiger partial charge in [0.1, 0.15) is 12.1 Å². The van der Waals surface area contributed by atoms with Crippen molar-refractivity contribution < 1.29 is 19.8 Å². The van der Waals surface area contributed by atoms with Gasteiger partial charge in [-0.25, -0.2) is 0 Å². The first-order valence-corrected chi connectivity index (χ1v) is 9.45. The Hall–Kier alpha value is -1.18. The molecular weight excluding hydrogens is 322 g/mol. The molecule has 0 spiro atoms. The van der Waals surface area contributed by atoms with Crippen molar-refractivity contribution in [1.29, 1.82) is 0 Å². The van der Waals surface area contributed by atoms with Gasteiger partial charge in [-0.15, -0.1) is 0 Å². The summed E-state index contributed by atoms with van der Waals surface area (Å²) in [6.07, 6.45) is 1.02. The zero-order valence-electron chi connectivity index (χ0n) is 16.7. The molecule has 1 rings (SSSR count). The third-order valence-electron chi connectivity index (χ3n) is 5.05. The third-order valence-corrected chi connectivity index (χ3v) is 5.05. The molecule has 1 heterocycles. The molecule has 3 atom stereocenters. The standard InChI is InChI=1S/C16H31N3O4.C2H6/c1-5-12(2)17-6-8-18(13(3)15(20)21)10-11-19(9-7-17)14(4)16(22)23;1-2/h12-14H,5-11H2,1-4H3,(H,20,21)(H,22,23);1-2H3. The van der Waals surface area contributed by atoms with Gasteiger partial charge < -0.3 is 10.2 Å². The van der Waals surface area contributed by atoms with Crippen molar-refractivity contribution in [2.75, 3.05) is 39.3 Å². The van der Waals surface area contributed by atoms with Crippen LogP contribution in [0.4, 0.5) is 0 Å². The van der Waals surface area contributed by atoms with Crippen LogP contribution in [0.15, 0.2) is 0 Å². The molecule has 1 fully saturated rings. The van der Waals surface area contributed by atoms with Gasteiger partial charge >= 0.3 is 11.9 Å². The second kappa shape index (κ2) is 12.2. The lowest BCUT2D eigenvalue weighted by Crippen LogP contribution is -2.47. The zero-order valence-corrected chi connectivity index (χ0v) is 16.7. The van der Waals surface area contributed by atoms with Gasteiger partial charge in [-0.1, -0.05) is 20.8 Å². The summed E-state index contributed by atoms with van der Waals surface area (Å²) in [6.45, 7) is 15.8. The zero-order chi connectivity index (χ0) is 19.6. The van der Waals surface area contributed by atoms with Crippen LogP contribution in [0.3, 0.4) is 0 Å². The van der Waals surface area contributed by atoms with Crippen LogP contribution >= 0.6 is 0 Å². The van der Waals surface area contributed by atoms with Gasteiger partial charge in [0.05, 0.1) is 0 Å². The molecule has 0 bridgehead atoms. The highest BCUT2D eigenvalue weighted by Crippen LogP contribution is 2.11. The fourth-order valence-corrected chi connectivity index (χ4v) is 2.89. The van der Waals surface area contributed by atoms with Gasteiger partial charge in [-0.3, -0.25) is 24.3 Å². The van der Waals surface area contributed by atoms with E-state index in [0.717, 1.165) is 19.5 Å². The van der Waals surface area contributed by atoms with E-state index in [0.29, 0.717) is 32.2 Å². The summed E-state index contributed by atoms with van der Waals surface area (Å²) < 4.78 is 0. The minimum Gasteiger partial charge on any atom is -0.480 e. The molecule has 148 valence electrons. The van der Waals surface area contributed by atoms with E-state index in [4.69, 9.17) is 0 Å². The van der Waals surface area contributed by atoms with Gasteiger partial charge in [0.15, 0.2) is 0 Å². The second-order valence-corrected chi connectivity index (χ2v) is 6.39. The molecule has 0 amide bonds. The average Bonchev–Trinajstić information content (AvgIpc) is 2.71. The summed E-state index contributed by atoms with van der Waals surface area (Å²) in [7, 11) is 0. The Kier molecular flexibility index (Phi) is 11.6. The molecule has 0 aliphatic carbocycles. The predicted octanol–water partition coefficient (Wildman–Crippen LogP) is 1.68. The number of nitrogens with zero attached hydrogens (tertiary/aromatic N) is 3. The SMILES string of the molecule is CC.CCC(C)N1CCN(C(C)C(=O)O)CCN(C(C)C(=O)O)CC1. The Morgan fingerprint density at radius 3 is 1.28 bits per heavy atom. The molecule has 1 aliphatic heterocycles. The quantitative estimate of drug-likeness (QED) is 0.746. The molecular formula is C18H37N3O4. The largest absolute Gasteiger partial charge is 0.480 e. The van der Waals surface area contributed by atoms with E-state index >= 15 is 0 Å². The molecule has 25 heavy (non-hydrogen) atoms. The number of hydrogen-bond acceptors (Lipinski definition) is 5. The lowest BCUT2D eigenvalue weighted by molar-refractivity contribution is -0.144. The average molecular weight is 360 g/mol. The fraction of sp³-hybridized carbons (Fsp3) is 0.889. The Balaban J connectivity index is 0.00000277. The topological polar surface area (TPSA) is 84.3 Å². The molecule has 0 radical (unpaired) electrons. The van der Waals surface area contributed by atoms with Gasteiger partial charge in [-0.2, -0.15) is 0 Å². The second-order valence-electron chi connectivity index (χ2n) is 6.39. The number of aliphatic carboxylic acids is 2. The Morgan fingerprint density at radius 1 is 0.760 bits per heavy atom. The lowest BCUT2D eigenvalue weighted by atomic mass is 10.2. The van der Waals surface area contributed by atoms with Crippen molar-refractivity contribution in [1.82, 2.24) is 14.7 Å². The van der Waals surface area contributed by atoms with Crippen LogP contribution in [0.2, 0.25) is 0 Å². The summed E-state index contributed by atoms with van der Waals surface area (Å²) in [5, 5.41) is 18.6. The Bertz CT molecular complexity index is 374. The van der Waals surface area contributed by atoms with E-state index in [1.54, 1.807) is 13.8 Å². The maximum atomic E-state index is 11.3. The number of hydrogen-bond donors (Lipinski definition) is 2. The first kappa shape index (κ1) is 23.8. The smallest absolute Gasteiger partial charge is 0.320 e. The van der Waals surface area contributed by atoms with Crippen molar-refractivity contribution in [2.24, 2.45) is 0 Å². The molecule has 7 heteroatoms. The van der Waals surface area contributed by atoms with Crippen LogP contribution in [0.25, 0.3) is 0 Å². The van der Waals surface area contributed by atoms with Crippen LogP contribution in [0.5, 0.6) is 0 Å². The minimum absolute atomic E-state index is 0.400. The summed E-state index contributed by atoms with van der Waals surface area (Å²) >= 11 is 0. The molecule has 0 aromatic carbocycles. The predicted molar refractivity (Wildman–Crippen MR) is 100 cm³/mol. The summed E-state index contributed by atoms with van der Waals surface area (Å²) in [4.78, 5) is 28.8. The first-order valence-electron chi connectivity index (χ1n) is 9.45. The van der Waals surface area contributed by atoms with Crippen LogP contribution in [-0.4, -0.2) is 94.2 Å².